The highest BCUT2D eigenvalue weighted by Gasteiger charge is 2.29. The molecule has 1 aromatic rings. The van der Waals surface area contributed by atoms with Crippen LogP contribution in [0, 0.1) is 5.82 Å². The lowest BCUT2D eigenvalue weighted by molar-refractivity contribution is 0.260. The number of halogens is 1. The van der Waals surface area contributed by atoms with E-state index in [1.807, 2.05) is 0 Å². The van der Waals surface area contributed by atoms with Crippen LogP contribution in [0.25, 0.3) is 0 Å². The Morgan fingerprint density at radius 3 is 2.10 bits per heavy atom. The lowest BCUT2D eigenvalue weighted by Gasteiger charge is -2.16. The lowest BCUT2D eigenvalue weighted by Crippen LogP contribution is -2.13. The lowest BCUT2D eigenvalue weighted by atomic mass is 9.98. The third kappa shape index (κ3) is 2.20. The molecular formula is C13H16FN3O2S. The number of carbonyl (C=O) groups is 1. The maximum Gasteiger partial charge on any atom is 0.354 e. The molecule has 2 amide bonds. The van der Waals surface area contributed by atoms with Crippen molar-refractivity contribution < 1.29 is 13.4 Å². The van der Waals surface area contributed by atoms with Crippen molar-refractivity contribution >= 4 is 22.5 Å². The van der Waals surface area contributed by atoms with Gasteiger partial charge in [-0.25, -0.2) is 18.5 Å². The Morgan fingerprint density at radius 1 is 1.10 bits per heavy atom. The minimum absolute atomic E-state index is 0.0927. The van der Waals surface area contributed by atoms with E-state index >= 15 is 0 Å². The number of anilines is 1. The van der Waals surface area contributed by atoms with Crippen LogP contribution in [0.15, 0.2) is 4.36 Å². The van der Waals surface area contributed by atoms with Gasteiger partial charge in [0.05, 0.1) is 0 Å². The Bertz CT molecular complexity index is 646. The molecule has 3 N–H and O–H groups in total. The number of fused-ring (bicyclic) bond motifs is 2. The summed E-state index contributed by atoms with van der Waals surface area (Å²) in [5, 5.41) is 7.68. The van der Waals surface area contributed by atoms with Gasteiger partial charge in [0.1, 0.15) is 16.6 Å². The molecule has 0 heterocycles. The van der Waals surface area contributed by atoms with Crippen LogP contribution in [0.3, 0.4) is 0 Å². The molecule has 7 heteroatoms. The fourth-order valence-electron chi connectivity index (χ4n) is 3.26. The zero-order chi connectivity index (χ0) is 14.3. The molecule has 1 atom stereocenters. The highest BCUT2D eigenvalue weighted by atomic mass is 32.2. The van der Waals surface area contributed by atoms with Gasteiger partial charge in [0.25, 0.3) is 0 Å². The van der Waals surface area contributed by atoms with E-state index in [-0.39, 0.29) is 5.82 Å². The van der Waals surface area contributed by atoms with Crippen molar-refractivity contribution in [3.05, 3.63) is 28.1 Å². The van der Waals surface area contributed by atoms with Crippen molar-refractivity contribution in [3.63, 3.8) is 0 Å². The van der Waals surface area contributed by atoms with Gasteiger partial charge >= 0.3 is 6.03 Å². The number of nitrogens with two attached hydrogens (primary N) is 1. The third-order valence-corrected chi connectivity index (χ3v) is 4.37. The summed E-state index contributed by atoms with van der Waals surface area (Å²) in [6, 6.07) is -0.719. The molecule has 20 heavy (non-hydrogen) atoms. The SMILES string of the molecule is N/[SH](=O)=N\C(=O)Nc1c2c(c(F)c3c1CCC3)CCC2. The largest absolute Gasteiger partial charge is 0.354 e. The number of hydrogen-bond acceptors (Lipinski definition) is 2. The van der Waals surface area contributed by atoms with Gasteiger partial charge in [-0.15, -0.1) is 4.36 Å². The summed E-state index contributed by atoms with van der Waals surface area (Å²) < 4.78 is 28.5. The van der Waals surface area contributed by atoms with Crippen LogP contribution in [0.2, 0.25) is 0 Å². The normalized spacial score (nSPS) is 17.9. The first-order valence-electron chi connectivity index (χ1n) is 6.67. The Labute approximate surface area is 118 Å². The molecule has 2 aliphatic carbocycles. The van der Waals surface area contributed by atoms with E-state index < -0.39 is 16.8 Å². The second-order valence-corrected chi connectivity index (χ2v) is 5.95. The van der Waals surface area contributed by atoms with E-state index in [2.05, 4.69) is 9.68 Å². The van der Waals surface area contributed by atoms with Crippen LogP contribution in [-0.2, 0) is 36.5 Å². The number of hydrogen-bond donors (Lipinski definition) is 3. The topological polar surface area (TPSA) is 84.6 Å². The van der Waals surface area contributed by atoms with E-state index in [1.165, 1.54) is 0 Å². The summed E-state index contributed by atoms with van der Waals surface area (Å²) in [6.45, 7) is 0. The average molecular weight is 297 g/mol. The van der Waals surface area contributed by atoms with E-state index in [9.17, 15) is 13.4 Å². The van der Waals surface area contributed by atoms with Gasteiger partial charge in [-0.1, -0.05) is 0 Å². The molecule has 1 unspecified atom stereocenters. The second-order valence-electron chi connectivity index (χ2n) is 5.14. The fraction of sp³-hybridized carbons (Fsp3) is 0.462. The van der Waals surface area contributed by atoms with E-state index in [4.69, 9.17) is 5.14 Å². The van der Waals surface area contributed by atoms with Gasteiger partial charge in [0.15, 0.2) is 0 Å². The zero-order valence-corrected chi connectivity index (χ0v) is 11.8. The number of benzene rings is 1. The molecule has 0 aromatic heterocycles. The number of amides is 2. The minimum atomic E-state index is -2.37. The molecule has 0 saturated heterocycles. The number of urea groups is 1. The zero-order valence-electron chi connectivity index (χ0n) is 10.9. The number of rotatable bonds is 1. The smallest absolute Gasteiger partial charge is 0.305 e. The summed E-state index contributed by atoms with van der Waals surface area (Å²) in [5.41, 5.74) is 3.87. The Kier molecular flexibility index (Phi) is 3.47. The molecule has 0 spiro atoms. The first kappa shape index (κ1) is 13.5. The Morgan fingerprint density at radius 2 is 1.60 bits per heavy atom. The van der Waals surface area contributed by atoms with Crippen LogP contribution in [-0.4, -0.2) is 10.2 Å². The van der Waals surface area contributed by atoms with Crippen molar-refractivity contribution in [1.29, 1.82) is 0 Å². The molecular weight excluding hydrogens is 281 g/mol. The first-order valence-corrected chi connectivity index (χ1v) is 7.95. The summed E-state index contributed by atoms with van der Waals surface area (Å²) in [5.74, 6) is -0.0927. The summed E-state index contributed by atoms with van der Waals surface area (Å²) in [4.78, 5) is 11.7. The van der Waals surface area contributed by atoms with Crippen LogP contribution < -0.4 is 10.5 Å². The number of thiol groups is 1. The maximum absolute atomic E-state index is 14.4. The first-order chi connectivity index (χ1) is 9.58. The molecule has 3 rings (SSSR count). The molecule has 108 valence electrons. The predicted octanol–water partition coefficient (Wildman–Crippen LogP) is 1.87. The maximum atomic E-state index is 14.4. The van der Waals surface area contributed by atoms with Crippen molar-refractivity contribution in [2.75, 3.05) is 5.32 Å². The monoisotopic (exact) mass is 297 g/mol. The number of carbonyl (C=O) groups excluding carboxylic acids is 1. The highest BCUT2D eigenvalue weighted by molar-refractivity contribution is 7.72. The molecule has 0 radical (unpaired) electrons. The molecule has 0 saturated carbocycles. The highest BCUT2D eigenvalue weighted by Crippen LogP contribution is 2.40. The van der Waals surface area contributed by atoms with E-state index in [1.54, 1.807) is 0 Å². The van der Waals surface area contributed by atoms with Gasteiger partial charge in [-0.05, 0) is 60.8 Å². The van der Waals surface area contributed by atoms with Crippen molar-refractivity contribution in [3.8, 4) is 0 Å². The quantitative estimate of drug-likeness (QED) is 0.691. The van der Waals surface area contributed by atoms with E-state index in [0.29, 0.717) is 18.5 Å². The van der Waals surface area contributed by atoms with Crippen molar-refractivity contribution in [2.24, 2.45) is 9.50 Å². The molecule has 5 nitrogen and oxygen atoms in total. The fourth-order valence-corrected chi connectivity index (χ4v) is 3.49. The molecule has 1 aromatic carbocycles. The standard InChI is InChI=1S/C13H16FN3O2S/c14-11-7-3-1-5-9(7)12(10-6-2-4-8(10)11)16-13(18)17-20(15)19/h20H,1-6H2,(H3,15,16,17,18,19). The van der Waals surface area contributed by atoms with Crippen LogP contribution in [0.4, 0.5) is 14.9 Å². The third-order valence-electron chi connectivity index (χ3n) is 3.99. The average Bonchev–Trinajstić information content (AvgIpc) is 3.02. The van der Waals surface area contributed by atoms with Crippen molar-refractivity contribution in [2.45, 2.75) is 38.5 Å². The predicted molar refractivity (Wildman–Crippen MR) is 75.6 cm³/mol. The molecule has 0 aliphatic heterocycles. The van der Waals surface area contributed by atoms with Crippen LogP contribution in [0.5, 0.6) is 0 Å². The van der Waals surface area contributed by atoms with Crippen LogP contribution >= 0.6 is 0 Å². The second kappa shape index (κ2) is 5.14. The Balaban J connectivity index is 2.09. The Hall–Kier alpha value is -1.47. The summed E-state index contributed by atoms with van der Waals surface area (Å²) in [6.07, 6.45) is 4.70. The minimum Gasteiger partial charge on any atom is -0.305 e. The van der Waals surface area contributed by atoms with Crippen molar-refractivity contribution in [1.82, 2.24) is 0 Å². The van der Waals surface area contributed by atoms with Gasteiger partial charge in [0.2, 0.25) is 0 Å². The van der Waals surface area contributed by atoms with Gasteiger partial charge in [-0.3, -0.25) is 0 Å². The van der Waals surface area contributed by atoms with E-state index in [0.717, 1.165) is 47.9 Å². The van der Waals surface area contributed by atoms with Crippen LogP contribution in [0.1, 0.15) is 35.1 Å². The van der Waals surface area contributed by atoms with Gasteiger partial charge in [-0.2, -0.15) is 0 Å². The molecule has 2 aliphatic rings. The molecule has 0 fully saturated rings. The van der Waals surface area contributed by atoms with Gasteiger partial charge < -0.3 is 5.32 Å². The summed E-state index contributed by atoms with van der Waals surface area (Å²) in [7, 11) is -2.37. The number of nitrogens with zero attached hydrogens (tertiary/aromatic N) is 1. The van der Waals surface area contributed by atoms with Gasteiger partial charge in [0, 0.05) is 5.69 Å². The number of nitrogens with one attached hydrogen (secondary N) is 1. The summed E-state index contributed by atoms with van der Waals surface area (Å²) >= 11 is 0. The molecule has 0 bridgehead atoms.